The molecule has 0 aromatic carbocycles. The normalized spacial score (nSPS) is 16.0. The lowest BCUT2D eigenvalue weighted by molar-refractivity contribution is 0.260. The van der Waals surface area contributed by atoms with Gasteiger partial charge >= 0.3 is 0 Å². The molecular weight excluding hydrogens is 505 g/mol. The summed E-state index contributed by atoms with van der Waals surface area (Å²) in [5.74, 6) is 1.67. The van der Waals surface area contributed by atoms with Crippen LogP contribution in [0.1, 0.15) is 23.9 Å². The Kier molecular flexibility index (Phi) is 9.94. The number of hydrogen-bond donors (Lipinski definition) is 2. The minimum Gasteiger partial charge on any atom is -0.355 e. The number of anilines is 1. The molecule has 10 heteroatoms. The highest BCUT2D eigenvalue weighted by Crippen LogP contribution is 2.14. The van der Waals surface area contributed by atoms with Crippen molar-refractivity contribution in [2.45, 2.75) is 33.2 Å². The van der Waals surface area contributed by atoms with E-state index in [1.54, 1.807) is 12.4 Å². The van der Waals surface area contributed by atoms with Crippen LogP contribution >= 0.6 is 24.0 Å². The van der Waals surface area contributed by atoms with Crippen LogP contribution in [0.15, 0.2) is 23.5 Å². The molecule has 0 saturated carbocycles. The number of piperazine rings is 1. The van der Waals surface area contributed by atoms with E-state index in [1.165, 1.54) is 11.3 Å². The maximum Gasteiger partial charge on any atom is 0.225 e. The SMILES string of the molecule is CN=C(NCCN1CCN(c2ncccn2)CC1)NC(C)Cc1c(C)nn(C)c1C.I. The number of rotatable bonds is 7. The highest BCUT2D eigenvalue weighted by molar-refractivity contribution is 14.0. The van der Waals surface area contributed by atoms with Gasteiger partial charge in [-0.15, -0.1) is 24.0 Å². The summed E-state index contributed by atoms with van der Waals surface area (Å²) in [6.45, 7) is 12.2. The average molecular weight is 541 g/mol. The van der Waals surface area contributed by atoms with Crippen molar-refractivity contribution >= 4 is 35.9 Å². The van der Waals surface area contributed by atoms with Crippen LogP contribution in [-0.4, -0.2) is 83.0 Å². The van der Waals surface area contributed by atoms with Gasteiger partial charge in [-0.3, -0.25) is 14.6 Å². The van der Waals surface area contributed by atoms with E-state index in [0.29, 0.717) is 0 Å². The molecule has 1 unspecified atom stereocenters. The zero-order valence-electron chi connectivity index (χ0n) is 19.3. The van der Waals surface area contributed by atoms with E-state index in [9.17, 15) is 0 Å². The first-order valence-electron chi connectivity index (χ1n) is 10.7. The first-order chi connectivity index (χ1) is 14.5. The number of aryl methyl sites for hydroxylation is 2. The van der Waals surface area contributed by atoms with Crippen LogP contribution in [0.4, 0.5) is 5.95 Å². The Bertz CT molecular complexity index is 829. The quantitative estimate of drug-likeness (QED) is 0.311. The van der Waals surface area contributed by atoms with Crippen molar-refractivity contribution in [1.82, 2.24) is 35.3 Å². The predicted molar refractivity (Wildman–Crippen MR) is 136 cm³/mol. The number of nitrogens with one attached hydrogen (secondary N) is 2. The molecule has 1 aliphatic rings. The van der Waals surface area contributed by atoms with Crippen LogP contribution in [0.2, 0.25) is 0 Å². The van der Waals surface area contributed by atoms with Gasteiger partial charge in [0.05, 0.1) is 5.69 Å². The zero-order valence-corrected chi connectivity index (χ0v) is 21.6. The largest absolute Gasteiger partial charge is 0.355 e. The van der Waals surface area contributed by atoms with Gasteiger partial charge in [0.15, 0.2) is 5.96 Å². The summed E-state index contributed by atoms with van der Waals surface area (Å²) in [6.07, 6.45) is 4.53. The average Bonchev–Trinajstić information content (AvgIpc) is 3.00. The fourth-order valence-corrected chi connectivity index (χ4v) is 3.86. The molecule has 1 fully saturated rings. The molecule has 1 atom stereocenters. The van der Waals surface area contributed by atoms with Crippen LogP contribution in [0, 0.1) is 13.8 Å². The first-order valence-corrected chi connectivity index (χ1v) is 10.7. The number of hydrogen-bond acceptors (Lipinski definition) is 6. The number of guanidine groups is 1. The van der Waals surface area contributed by atoms with Gasteiger partial charge in [0.25, 0.3) is 0 Å². The second-order valence-electron chi connectivity index (χ2n) is 7.90. The Hall–Kier alpha value is -1.95. The minimum absolute atomic E-state index is 0. The highest BCUT2D eigenvalue weighted by Gasteiger charge is 2.18. The van der Waals surface area contributed by atoms with Gasteiger partial charge in [-0.2, -0.15) is 5.10 Å². The minimum atomic E-state index is 0. The summed E-state index contributed by atoms with van der Waals surface area (Å²) in [7, 11) is 3.82. The van der Waals surface area contributed by atoms with Gasteiger partial charge in [0, 0.05) is 77.5 Å². The van der Waals surface area contributed by atoms with Gasteiger partial charge in [-0.25, -0.2) is 9.97 Å². The van der Waals surface area contributed by atoms with E-state index >= 15 is 0 Å². The second-order valence-corrected chi connectivity index (χ2v) is 7.90. The van der Waals surface area contributed by atoms with Gasteiger partial charge < -0.3 is 15.5 Å². The molecule has 0 bridgehead atoms. The second kappa shape index (κ2) is 12.2. The number of aliphatic imine (C=N–C) groups is 1. The molecule has 172 valence electrons. The summed E-state index contributed by atoms with van der Waals surface area (Å²) >= 11 is 0. The molecular formula is C21H36IN9. The fourth-order valence-electron chi connectivity index (χ4n) is 3.86. The summed E-state index contributed by atoms with van der Waals surface area (Å²) in [4.78, 5) is 17.8. The Labute approximate surface area is 202 Å². The Morgan fingerprint density at radius 2 is 1.84 bits per heavy atom. The summed E-state index contributed by atoms with van der Waals surface area (Å²) in [5.41, 5.74) is 3.64. The third-order valence-electron chi connectivity index (χ3n) is 5.70. The van der Waals surface area contributed by atoms with E-state index in [1.807, 2.05) is 24.8 Å². The number of nitrogens with zero attached hydrogens (tertiary/aromatic N) is 7. The van der Waals surface area contributed by atoms with Crippen LogP contribution in [0.3, 0.4) is 0 Å². The van der Waals surface area contributed by atoms with E-state index in [-0.39, 0.29) is 30.0 Å². The Morgan fingerprint density at radius 3 is 2.42 bits per heavy atom. The lowest BCUT2D eigenvalue weighted by Crippen LogP contribution is -2.50. The summed E-state index contributed by atoms with van der Waals surface area (Å²) < 4.78 is 1.95. The molecule has 9 nitrogen and oxygen atoms in total. The topological polar surface area (TPSA) is 86.5 Å². The summed E-state index contributed by atoms with van der Waals surface area (Å²) in [6, 6.07) is 2.12. The molecule has 1 saturated heterocycles. The molecule has 0 aliphatic carbocycles. The molecule has 2 aromatic rings. The van der Waals surface area contributed by atoms with Crippen LogP contribution in [0.5, 0.6) is 0 Å². The predicted octanol–water partition coefficient (Wildman–Crippen LogP) is 1.36. The standard InChI is InChI=1S/C21H35N9.HI/c1-16(15-19-17(2)27-28(5)18(19)3)26-20(22-4)23-9-10-29-11-13-30(14-12-29)21-24-7-6-8-25-21;/h6-8,16H,9-15H2,1-5H3,(H2,22,23,26);1H. The van der Waals surface area contributed by atoms with E-state index in [2.05, 4.69) is 61.3 Å². The maximum atomic E-state index is 4.52. The van der Waals surface area contributed by atoms with Gasteiger partial charge in [0.2, 0.25) is 5.95 Å². The van der Waals surface area contributed by atoms with E-state index < -0.39 is 0 Å². The van der Waals surface area contributed by atoms with Gasteiger partial charge in [-0.05, 0) is 38.8 Å². The summed E-state index contributed by atoms with van der Waals surface area (Å²) in [5, 5.41) is 11.5. The third kappa shape index (κ3) is 7.03. The maximum absolute atomic E-state index is 4.52. The van der Waals surface area contributed by atoms with Crippen LogP contribution < -0.4 is 15.5 Å². The van der Waals surface area contributed by atoms with Crippen molar-refractivity contribution in [1.29, 1.82) is 0 Å². The van der Waals surface area contributed by atoms with Crippen molar-refractivity contribution in [2.24, 2.45) is 12.0 Å². The van der Waals surface area contributed by atoms with Crippen molar-refractivity contribution < 1.29 is 0 Å². The molecule has 2 aromatic heterocycles. The monoisotopic (exact) mass is 541 g/mol. The molecule has 2 N–H and O–H groups in total. The molecule has 0 spiro atoms. The van der Waals surface area contributed by atoms with Gasteiger partial charge in [-0.1, -0.05) is 0 Å². The smallest absolute Gasteiger partial charge is 0.225 e. The lowest BCUT2D eigenvalue weighted by atomic mass is 10.1. The molecule has 3 heterocycles. The van der Waals surface area contributed by atoms with Crippen molar-refractivity contribution in [2.75, 3.05) is 51.2 Å². The Morgan fingerprint density at radius 1 is 1.16 bits per heavy atom. The molecule has 3 rings (SSSR count). The lowest BCUT2D eigenvalue weighted by Gasteiger charge is -2.34. The highest BCUT2D eigenvalue weighted by atomic mass is 127. The van der Waals surface area contributed by atoms with Gasteiger partial charge in [0.1, 0.15) is 0 Å². The van der Waals surface area contributed by atoms with Crippen LogP contribution in [0.25, 0.3) is 0 Å². The molecule has 0 radical (unpaired) electrons. The number of aromatic nitrogens is 4. The van der Waals surface area contributed by atoms with Crippen molar-refractivity contribution in [3.63, 3.8) is 0 Å². The van der Waals surface area contributed by atoms with E-state index in [4.69, 9.17) is 0 Å². The van der Waals surface area contributed by atoms with E-state index in [0.717, 1.165) is 63.3 Å². The number of halogens is 1. The van der Waals surface area contributed by atoms with Crippen molar-refractivity contribution in [3.8, 4) is 0 Å². The zero-order chi connectivity index (χ0) is 21.5. The molecule has 31 heavy (non-hydrogen) atoms. The third-order valence-corrected chi connectivity index (χ3v) is 5.70. The molecule has 1 aliphatic heterocycles. The fraction of sp³-hybridized carbons (Fsp3) is 0.619. The van der Waals surface area contributed by atoms with Crippen molar-refractivity contribution in [3.05, 3.63) is 35.4 Å². The van der Waals surface area contributed by atoms with Crippen LogP contribution in [-0.2, 0) is 13.5 Å². The molecule has 0 amide bonds. The first kappa shape index (κ1) is 25.3. The Balaban J connectivity index is 0.00000341.